The molecule has 6 heteroatoms. The van der Waals surface area contributed by atoms with Gasteiger partial charge in [-0.25, -0.2) is 14.4 Å². The summed E-state index contributed by atoms with van der Waals surface area (Å²) in [6.45, 7) is 0.179. The lowest BCUT2D eigenvalue weighted by atomic mass is 10.2. The van der Waals surface area contributed by atoms with E-state index in [1.807, 2.05) is 0 Å². The Balaban J connectivity index is 1.86. The molecule has 3 rings (SSSR count). The molecular weight excluding hydrogens is 261 g/mol. The molecule has 0 spiro atoms. The first kappa shape index (κ1) is 12.6. The van der Waals surface area contributed by atoms with Crippen molar-refractivity contribution in [2.24, 2.45) is 0 Å². The topological polar surface area (TPSA) is 64.1 Å². The zero-order valence-corrected chi connectivity index (χ0v) is 10.5. The Labute approximate surface area is 114 Å². The molecule has 5 nitrogen and oxygen atoms in total. The van der Waals surface area contributed by atoms with Gasteiger partial charge in [0, 0.05) is 12.4 Å². The van der Waals surface area contributed by atoms with E-state index in [2.05, 4.69) is 9.97 Å². The first-order valence-electron chi connectivity index (χ1n) is 6.08. The van der Waals surface area contributed by atoms with Crippen molar-refractivity contribution in [2.75, 3.05) is 0 Å². The first-order chi connectivity index (χ1) is 9.78. The molecular formula is C14H12FN3O2. The highest BCUT2D eigenvalue weighted by molar-refractivity contribution is 5.56. The maximum absolute atomic E-state index is 13.6. The third kappa shape index (κ3) is 2.33. The quantitative estimate of drug-likeness (QED) is 0.791. The minimum absolute atomic E-state index is 0.159. The molecule has 2 aromatic heterocycles. The van der Waals surface area contributed by atoms with Crippen LogP contribution >= 0.6 is 0 Å². The number of aliphatic hydroxyl groups is 1. The molecule has 3 aromatic rings. The van der Waals surface area contributed by atoms with E-state index in [-0.39, 0.29) is 12.4 Å². The summed E-state index contributed by atoms with van der Waals surface area (Å²) in [7, 11) is 0. The molecule has 0 aliphatic heterocycles. The molecule has 0 aliphatic rings. The van der Waals surface area contributed by atoms with E-state index in [0.717, 1.165) is 0 Å². The van der Waals surface area contributed by atoms with Crippen LogP contribution in [0.4, 0.5) is 4.39 Å². The van der Waals surface area contributed by atoms with Crippen LogP contribution in [0.2, 0.25) is 0 Å². The van der Waals surface area contributed by atoms with Crippen LogP contribution in [0.3, 0.4) is 0 Å². The van der Waals surface area contributed by atoms with Gasteiger partial charge in [0.2, 0.25) is 5.89 Å². The van der Waals surface area contributed by atoms with Crippen LogP contribution in [0.15, 0.2) is 47.3 Å². The highest BCUT2D eigenvalue weighted by atomic mass is 19.1. The van der Waals surface area contributed by atoms with Crippen LogP contribution in [0.25, 0.3) is 11.3 Å². The highest BCUT2D eigenvalue weighted by Crippen LogP contribution is 2.23. The van der Waals surface area contributed by atoms with Gasteiger partial charge in [0.05, 0.1) is 11.8 Å². The number of rotatable bonds is 4. The lowest BCUT2D eigenvalue weighted by Crippen LogP contribution is -2.04. The molecule has 0 radical (unpaired) electrons. The maximum atomic E-state index is 13.6. The van der Waals surface area contributed by atoms with Gasteiger partial charge in [0.15, 0.2) is 5.76 Å². The van der Waals surface area contributed by atoms with Gasteiger partial charge in [-0.15, -0.1) is 0 Å². The summed E-state index contributed by atoms with van der Waals surface area (Å²) in [6.07, 6.45) is 4.80. The Morgan fingerprint density at radius 1 is 1.25 bits per heavy atom. The van der Waals surface area contributed by atoms with Gasteiger partial charge in [-0.1, -0.05) is 12.1 Å². The van der Waals surface area contributed by atoms with E-state index in [4.69, 9.17) is 9.52 Å². The lowest BCUT2D eigenvalue weighted by molar-refractivity contribution is 0.265. The molecule has 0 bridgehead atoms. The molecule has 0 aliphatic carbocycles. The Kier molecular flexibility index (Phi) is 3.30. The van der Waals surface area contributed by atoms with E-state index in [1.165, 1.54) is 12.3 Å². The van der Waals surface area contributed by atoms with E-state index in [9.17, 15) is 4.39 Å². The van der Waals surface area contributed by atoms with Crippen molar-refractivity contribution >= 4 is 0 Å². The average Bonchev–Trinajstić information content (AvgIpc) is 3.09. The number of aromatic nitrogens is 3. The third-order valence-electron chi connectivity index (χ3n) is 2.94. The summed E-state index contributed by atoms with van der Waals surface area (Å²) < 4.78 is 20.9. The summed E-state index contributed by atoms with van der Waals surface area (Å²) in [5, 5.41) is 9.12. The van der Waals surface area contributed by atoms with Crippen molar-refractivity contribution in [3.05, 3.63) is 60.4 Å². The molecule has 0 saturated heterocycles. The smallest absolute Gasteiger partial charge is 0.214 e. The number of oxazole rings is 1. The fourth-order valence-electron chi connectivity index (χ4n) is 1.95. The zero-order chi connectivity index (χ0) is 13.9. The minimum Gasteiger partial charge on any atom is -0.439 e. The highest BCUT2D eigenvalue weighted by Gasteiger charge is 2.11. The molecule has 20 heavy (non-hydrogen) atoms. The first-order valence-corrected chi connectivity index (χ1v) is 6.08. The second-order valence-corrected chi connectivity index (χ2v) is 4.23. The summed E-state index contributed by atoms with van der Waals surface area (Å²) in [4.78, 5) is 8.11. The number of aliphatic hydroxyl groups excluding tert-OH is 1. The molecule has 2 heterocycles. The van der Waals surface area contributed by atoms with E-state index in [1.54, 1.807) is 35.2 Å². The number of benzene rings is 1. The van der Waals surface area contributed by atoms with Crippen LogP contribution in [0.5, 0.6) is 0 Å². The fourth-order valence-corrected chi connectivity index (χ4v) is 1.95. The number of hydrogen-bond acceptors (Lipinski definition) is 4. The van der Waals surface area contributed by atoms with Gasteiger partial charge in [-0.3, -0.25) is 0 Å². The fraction of sp³-hybridized carbons (Fsp3) is 0.143. The van der Waals surface area contributed by atoms with Crippen LogP contribution in [-0.4, -0.2) is 19.6 Å². The predicted octanol–water partition coefficient (Wildman–Crippen LogP) is 2.22. The Morgan fingerprint density at radius 2 is 2.10 bits per heavy atom. The van der Waals surface area contributed by atoms with Crippen LogP contribution < -0.4 is 0 Å². The SMILES string of the molecule is OCc1nccn1Cc1ncc(-c2ccccc2F)o1. The summed E-state index contributed by atoms with van der Waals surface area (Å²) >= 11 is 0. The minimum atomic E-state index is -0.353. The molecule has 0 saturated carbocycles. The number of halogens is 1. The van der Waals surface area contributed by atoms with E-state index < -0.39 is 0 Å². The van der Waals surface area contributed by atoms with Crippen molar-refractivity contribution in [3.63, 3.8) is 0 Å². The molecule has 1 N–H and O–H groups in total. The molecule has 0 fully saturated rings. The van der Waals surface area contributed by atoms with Gasteiger partial charge in [-0.05, 0) is 12.1 Å². The lowest BCUT2D eigenvalue weighted by Gasteiger charge is -2.02. The normalized spacial score (nSPS) is 10.9. The van der Waals surface area contributed by atoms with Crippen molar-refractivity contribution in [1.82, 2.24) is 14.5 Å². The molecule has 0 amide bonds. The van der Waals surface area contributed by atoms with Crippen molar-refractivity contribution in [3.8, 4) is 11.3 Å². The molecule has 102 valence electrons. The predicted molar refractivity (Wildman–Crippen MR) is 69.1 cm³/mol. The summed E-state index contributed by atoms with van der Waals surface area (Å²) in [5.41, 5.74) is 0.374. The van der Waals surface area contributed by atoms with Gasteiger partial charge in [0.25, 0.3) is 0 Å². The molecule has 0 atom stereocenters. The van der Waals surface area contributed by atoms with Crippen LogP contribution in [0.1, 0.15) is 11.7 Å². The van der Waals surface area contributed by atoms with Crippen LogP contribution in [0, 0.1) is 5.82 Å². The second-order valence-electron chi connectivity index (χ2n) is 4.23. The number of hydrogen-bond donors (Lipinski definition) is 1. The largest absolute Gasteiger partial charge is 0.439 e. The van der Waals surface area contributed by atoms with E-state index in [0.29, 0.717) is 29.6 Å². The molecule has 1 aromatic carbocycles. The molecule has 0 unspecified atom stereocenters. The number of nitrogens with zero attached hydrogens (tertiary/aromatic N) is 3. The average molecular weight is 273 g/mol. The third-order valence-corrected chi connectivity index (χ3v) is 2.94. The zero-order valence-electron chi connectivity index (χ0n) is 10.5. The Bertz CT molecular complexity index is 721. The van der Waals surface area contributed by atoms with Crippen molar-refractivity contribution in [1.29, 1.82) is 0 Å². The number of imidazole rings is 1. The van der Waals surface area contributed by atoms with E-state index >= 15 is 0 Å². The second kappa shape index (κ2) is 5.26. The van der Waals surface area contributed by atoms with Gasteiger partial charge < -0.3 is 14.1 Å². The van der Waals surface area contributed by atoms with Crippen molar-refractivity contribution in [2.45, 2.75) is 13.2 Å². The Morgan fingerprint density at radius 3 is 2.90 bits per heavy atom. The van der Waals surface area contributed by atoms with Gasteiger partial charge in [0.1, 0.15) is 24.8 Å². The summed E-state index contributed by atoms with van der Waals surface area (Å²) in [5.74, 6) is 0.976. The maximum Gasteiger partial charge on any atom is 0.214 e. The van der Waals surface area contributed by atoms with Gasteiger partial charge >= 0.3 is 0 Å². The standard InChI is InChI=1S/C14H12FN3O2/c15-11-4-2-1-3-10(11)12-7-17-14(20-12)8-18-6-5-16-13(18)9-19/h1-7,19H,8-9H2. The monoisotopic (exact) mass is 273 g/mol. The van der Waals surface area contributed by atoms with Crippen molar-refractivity contribution < 1.29 is 13.9 Å². The summed E-state index contributed by atoms with van der Waals surface area (Å²) in [6, 6.07) is 6.36. The van der Waals surface area contributed by atoms with Crippen LogP contribution in [-0.2, 0) is 13.2 Å². The Hall–Kier alpha value is -2.47. The van der Waals surface area contributed by atoms with Gasteiger partial charge in [-0.2, -0.15) is 0 Å².